The van der Waals surface area contributed by atoms with Crippen molar-refractivity contribution in [2.75, 3.05) is 6.54 Å². The summed E-state index contributed by atoms with van der Waals surface area (Å²) in [5, 5.41) is 3.91. The molecule has 1 aromatic heterocycles. The summed E-state index contributed by atoms with van der Waals surface area (Å²) in [7, 11) is 0. The molecule has 0 spiro atoms. The highest BCUT2D eigenvalue weighted by atomic mass is 35.5. The van der Waals surface area contributed by atoms with E-state index in [-0.39, 0.29) is 6.04 Å². The summed E-state index contributed by atoms with van der Waals surface area (Å²) in [5.41, 5.74) is 0. The van der Waals surface area contributed by atoms with Crippen LogP contribution in [0.2, 0.25) is 5.22 Å². The largest absolute Gasteiger partial charge is 0.448 e. The Balaban J connectivity index is 2.72. The molecule has 0 bridgehead atoms. The molecule has 2 atom stereocenters. The number of furan rings is 1. The molecular weight excluding hydrogens is 210 g/mol. The maximum absolute atomic E-state index is 5.79. The fourth-order valence-electron chi connectivity index (χ4n) is 1.92. The molecule has 0 saturated carbocycles. The molecule has 1 rings (SSSR count). The Morgan fingerprint density at radius 2 is 2.13 bits per heavy atom. The van der Waals surface area contributed by atoms with Gasteiger partial charge in [-0.15, -0.1) is 0 Å². The van der Waals surface area contributed by atoms with Gasteiger partial charge in [0.25, 0.3) is 0 Å². The van der Waals surface area contributed by atoms with Crippen LogP contribution >= 0.6 is 11.6 Å². The van der Waals surface area contributed by atoms with Crippen LogP contribution in [0, 0.1) is 5.92 Å². The van der Waals surface area contributed by atoms with Gasteiger partial charge in [-0.2, -0.15) is 0 Å². The monoisotopic (exact) mass is 229 g/mol. The molecule has 0 saturated heterocycles. The zero-order valence-electron chi connectivity index (χ0n) is 9.72. The standard InChI is InChI=1S/C12H20ClNO/c1-4-6-9(3)12(14-5-2)10-7-8-11(13)15-10/h7-9,12,14H,4-6H2,1-3H3. The molecule has 1 heterocycles. The van der Waals surface area contributed by atoms with Crippen molar-refractivity contribution in [3.63, 3.8) is 0 Å². The van der Waals surface area contributed by atoms with Gasteiger partial charge < -0.3 is 9.73 Å². The van der Waals surface area contributed by atoms with Crippen LogP contribution in [0.3, 0.4) is 0 Å². The summed E-state index contributed by atoms with van der Waals surface area (Å²) < 4.78 is 5.47. The van der Waals surface area contributed by atoms with Crippen LogP contribution in [-0.4, -0.2) is 6.54 Å². The first-order valence-corrected chi connectivity index (χ1v) is 6.05. The van der Waals surface area contributed by atoms with Crippen LogP contribution in [0.25, 0.3) is 0 Å². The Kier molecular flexibility index (Phi) is 5.20. The smallest absolute Gasteiger partial charge is 0.193 e. The minimum atomic E-state index is 0.280. The normalized spacial score (nSPS) is 15.2. The van der Waals surface area contributed by atoms with Crippen LogP contribution in [0.1, 0.15) is 45.4 Å². The van der Waals surface area contributed by atoms with Gasteiger partial charge in [-0.25, -0.2) is 0 Å². The molecule has 0 aromatic carbocycles. The summed E-state index contributed by atoms with van der Waals surface area (Å²) in [4.78, 5) is 0. The van der Waals surface area contributed by atoms with Crippen LogP contribution in [-0.2, 0) is 0 Å². The summed E-state index contributed by atoms with van der Waals surface area (Å²) in [6.07, 6.45) is 2.38. The Bertz CT molecular complexity index is 285. The third-order valence-corrected chi connectivity index (χ3v) is 2.84. The van der Waals surface area contributed by atoms with E-state index in [1.807, 2.05) is 6.07 Å². The molecule has 0 aliphatic carbocycles. The number of hydrogen-bond donors (Lipinski definition) is 1. The first-order valence-electron chi connectivity index (χ1n) is 5.67. The summed E-state index contributed by atoms with van der Waals surface area (Å²) in [5.74, 6) is 1.51. The Morgan fingerprint density at radius 3 is 2.60 bits per heavy atom. The zero-order chi connectivity index (χ0) is 11.3. The van der Waals surface area contributed by atoms with Crippen molar-refractivity contribution >= 4 is 11.6 Å². The Labute approximate surface area is 97.0 Å². The average molecular weight is 230 g/mol. The van der Waals surface area contributed by atoms with Crippen LogP contribution in [0.4, 0.5) is 0 Å². The van der Waals surface area contributed by atoms with E-state index in [4.69, 9.17) is 16.0 Å². The van der Waals surface area contributed by atoms with Gasteiger partial charge in [0.2, 0.25) is 0 Å². The molecule has 2 nitrogen and oxygen atoms in total. The average Bonchev–Trinajstić information content (AvgIpc) is 2.61. The maximum atomic E-state index is 5.79. The lowest BCUT2D eigenvalue weighted by Gasteiger charge is -2.22. The molecule has 3 heteroatoms. The summed E-state index contributed by atoms with van der Waals surface area (Å²) in [6.45, 7) is 7.50. The molecule has 1 N–H and O–H groups in total. The zero-order valence-corrected chi connectivity index (χ0v) is 10.5. The molecule has 1 aromatic rings. The van der Waals surface area contributed by atoms with Crippen molar-refractivity contribution in [3.05, 3.63) is 23.1 Å². The van der Waals surface area contributed by atoms with Crippen molar-refractivity contribution in [1.29, 1.82) is 0 Å². The SMILES string of the molecule is CCCC(C)C(NCC)c1ccc(Cl)o1. The van der Waals surface area contributed by atoms with Gasteiger partial charge in [0.1, 0.15) is 5.76 Å². The maximum Gasteiger partial charge on any atom is 0.193 e. The minimum Gasteiger partial charge on any atom is -0.448 e. The third kappa shape index (κ3) is 3.54. The van der Waals surface area contributed by atoms with E-state index in [1.165, 1.54) is 12.8 Å². The van der Waals surface area contributed by atoms with Crippen molar-refractivity contribution in [1.82, 2.24) is 5.32 Å². The lowest BCUT2D eigenvalue weighted by atomic mass is 9.95. The van der Waals surface area contributed by atoms with Gasteiger partial charge in [-0.3, -0.25) is 0 Å². The van der Waals surface area contributed by atoms with Crippen molar-refractivity contribution in [3.8, 4) is 0 Å². The molecule has 0 aliphatic heterocycles. The van der Waals surface area contributed by atoms with E-state index in [9.17, 15) is 0 Å². The van der Waals surface area contributed by atoms with Crippen molar-refractivity contribution in [2.45, 2.75) is 39.7 Å². The number of halogens is 1. The van der Waals surface area contributed by atoms with Crippen molar-refractivity contribution in [2.24, 2.45) is 5.92 Å². The number of hydrogen-bond acceptors (Lipinski definition) is 2. The summed E-state index contributed by atoms with van der Waals surface area (Å²) >= 11 is 5.79. The predicted molar refractivity (Wildman–Crippen MR) is 64.2 cm³/mol. The predicted octanol–water partition coefficient (Wildman–Crippen LogP) is 4.02. The van der Waals surface area contributed by atoms with Crippen molar-refractivity contribution < 1.29 is 4.42 Å². The van der Waals surface area contributed by atoms with Gasteiger partial charge in [0.05, 0.1) is 6.04 Å². The lowest BCUT2D eigenvalue weighted by molar-refractivity contribution is 0.315. The topological polar surface area (TPSA) is 25.2 Å². The highest BCUT2D eigenvalue weighted by Gasteiger charge is 2.20. The highest BCUT2D eigenvalue weighted by molar-refractivity contribution is 6.28. The molecule has 86 valence electrons. The fraction of sp³-hybridized carbons (Fsp3) is 0.667. The Hall–Kier alpha value is -0.470. The first-order chi connectivity index (χ1) is 7.19. The van der Waals surface area contributed by atoms with E-state index in [0.29, 0.717) is 11.1 Å². The Morgan fingerprint density at radius 1 is 1.40 bits per heavy atom. The van der Waals surface area contributed by atoms with Crippen LogP contribution in [0.5, 0.6) is 0 Å². The quantitative estimate of drug-likeness (QED) is 0.797. The second-order valence-corrected chi connectivity index (χ2v) is 4.32. The second-order valence-electron chi connectivity index (χ2n) is 3.94. The van der Waals surface area contributed by atoms with E-state index in [0.717, 1.165) is 12.3 Å². The third-order valence-electron chi connectivity index (χ3n) is 2.64. The highest BCUT2D eigenvalue weighted by Crippen LogP contribution is 2.28. The molecule has 0 amide bonds. The van der Waals surface area contributed by atoms with E-state index in [1.54, 1.807) is 6.07 Å². The van der Waals surface area contributed by atoms with Gasteiger partial charge >= 0.3 is 0 Å². The number of rotatable bonds is 6. The van der Waals surface area contributed by atoms with Crippen LogP contribution in [0.15, 0.2) is 16.5 Å². The molecule has 0 fully saturated rings. The molecular formula is C12H20ClNO. The molecule has 2 unspecified atom stereocenters. The molecule has 15 heavy (non-hydrogen) atoms. The second kappa shape index (κ2) is 6.19. The summed E-state index contributed by atoms with van der Waals surface area (Å²) in [6, 6.07) is 4.05. The van der Waals surface area contributed by atoms with Gasteiger partial charge in [0, 0.05) is 0 Å². The first kappa shape index (κ1) is 12.6. The fourth-order valence-corrected chi connectivity index (χ4v) is 2.07. The van der Waals surface area contributed by atoms with Gasteiger partial charge in [-0.1, -0.05) is 27.2 Å². The molecule has 0 radical (unpaired) electrons. The van der Waals surface area contributed by atoms with Gasteiger partial charge in [0.15, 0.2) is 5.22 Å². The van der Waals surface area contributed by atoms with Gasteiger partial charge in [-0.05, 0) is 42.6 Å². The molecule has 0 aliphatic rings. The van der Waals surface area contributed by atoms with E-state index < -0.39 is 0 Å². The van der Waals surface area contributed by atoms with E-state index >= 15 is 0 Å². The minimum absolute atomic E-state index is 0.280. The lowest BCUT2D eigenvalue weighted by Crippen LogP contribution is -2.26. The van der Waals surface area contributed by atoms with E-state index in [2.05, 4.69) is 26.1 Å². The number of nitrogens with one attached hydrogen (secondary N) is 1. The van der Waals surface area contributed by atoms with Crippen LogP contribution < -0.4 is 5.32 Å².